The fourth-order valence-electron chi connectivity index (χ4n) is 0.755. The number of hydrogen-bond donors (Lipinski definition) is 2. The van der Waals surface area contributed by atoms with Gasteiger partial charge in [-0.3, -0.25) is 0 Å². The number of aromatic carboxylic acids is 2. The molecule has 1 aromatic carbocycles. The summed E-state index contributed by atoms with van der Waals surface area (Å²) < 4.78 is 0. The van der Waals surface area contributed by atoms with Crippen molar-refractivity contribution < 1.29 is 19.8 Å². The molecule has 1 aromatic rings. The fourth-order valence-corrected chi connectivity index (χ4v) is 0.755. The minimum atomic E-state index is -1.06. The molecule has 0 bridgehead atoms. The first-order chi connectivity index (χ1) is 5.61. The van der Waals surface area contributed by atoms with E-state index in [1.54, 1.807) is 0 Å². The summed E-state index contributed by atoms with van der Waals surface area (Å²) in [5.41, 5.74) is 0.167. The molecule has 0 aliphatic carbocycles. The summed E-state index contributed by atoms with van der Waals surface area (Å²) in [6, 6.07) is 5.02. The molecule has 0 aliphatic rings. The number of carbonyl (C=O) groups is 2. The predicted molar refractivity (Wildman–Crippen MR) is 46.1 cm³/mol. The van der Waals surface area contributed by atoms with Gasteiger partial charge in [-0.25, -0.2) is 9.59 Å². The minimum absolute atomic E-state index is 0. The maximum atomic E-state index is 10.3. The quantitative estimate of drug-likeness (QED) is 0.836. The van der Waals surface area contributed by atoms with E-state index in [4.69, 9.17) is 10.2 Å². The number of hydrogen-bond acceptors (Lipinski definition) is 2. The molecule has 0 amide bonds. The molecule has 0 fully saturated rings. The average molecular weight is 281 g/mol. The van der Waals surface area contributed by atoms with E-state index in [0.717, 1.165) is 0 Å². The number of carboxylic acids is 2. The zero-order valence-corrected chi connectivity index (χ0v) is 9.89. The van der Waals surface area contributed by atoms with Crippen LogP contribution in [0.3, 0.4) is 0 Å². The van der Waals surface area contributed by atoms with E-state index >= 15 is 0 Å². The van der Waals surface area contributed by atoms with Crippen LogP contribution in [0.15, 0.2) is 24.3 Å². The Balaban J connectivity index is 0.00000144. The van der Waals surface area contributed by atoms with Crippen molar-refractivity contribution in [2.45, 2.75) is 0 Å². The van der Waals surface area contributed by atoms with Crippen LogP contribution in [0.5, 0.6) is 0 Å². The molecule has 5 heteroatoms. The van der Waals surface area contributed by atoms with Crippen molar-refractivity contribution in [2.75, 3.05) is 0 Å². The Bertz CT molecular complexity index is 284. The van der Waals surface area contributed by atoms with Gasteiger partial charge in [0.1, 0.15) is 0 Å². The molecule has 0 saturated heterocycles. The van der Waals surface area contributed by atoms with Crippen molar-refractivity contribution in [3.63, 3.8) is 0 Å². The van der Waals surface area contributed by atoms with Crippen LogP contribution in [0.1, 0.15) is 20.7 Å². The molecule has 0 unspecified atom stereocenters. The maximum Gasteiger partial charge on any atom is 0.335 e. The second kappa shape index (κ2) is 4.91. The van der Waals surface area contributed by atoms with Crippen molar-refractivity contribution >= 4 is 37.8 Å². The van der Waals surface area contributed by atoms with Crippen LogP contribution in [0, 0.1) is 0 Å². The van der Waals surface area contributed by atoms with Gasteiger partial charge in [-0.1, -0.05) is 0 Å². The van der Waals surface area contributed by atoms with Gasteiger partial charge in [0.25, 0.3) is 0 Å². The first kappa shape index (κ1) is 12.0. The normalized spacial score (nSPS) is 8.62. The molecule has 0 atom stereocenters. The van der Waals surface area contributed by atoms with Gasteiger partial charge in [0.2, 0.25) is 0 Å². The largest absolute Gasteiger partial charge is 0.478 e. The van der Waals surface area contributed by atoms with Crippen LogP contribution in [0.2, 0.25) is 0 Å². The molecule has 0 aliphatic heterocycles. The summed E-state index contributed by atoms with van der Waals surface area (Å²) in [4.78, 5) is 20.7. The molecule has 3 radical (unpaired) electrons. The molecule has 0 heterocycles. The monoisotopic (exact) mass is 281 g/mol. The van der Waals surface area contributed by atoms with E-state index in [2.05, 4.69) is 0 Å². The van der Waals surface area contributed by atoms with Crippen molar-refractivity contribution in [3.8, 4) is 0 Å². The minimum Gasteiger partial charge on any atom is -0.478 e. The second-order valence-electron chi connectivity index (χ2n) is 2.19. The van der Waals surface area contributed by atoms with Crippen molar-refractivity contribution in [2.24, 2.45) is 0 Å². The molecule has 65 valence electrons. The summed E-state index contributed by atoms with van der Waals surface area (Å²) in [6.07, 6.45) is 0. The number of rotatable bonds is 2. The van der Waals surface area contributed by atoms with Gasteiger partial charge in [0, 0.05) is 25.8 Å². The van der Waals surface area contributed by atoms with Gasteiger partial charge >= 0.3 is 11.9 Å². The Morgan fingerprint density at radius 3 is 1.23 bits per heavy atom. The summed E-state index contributed by atoms with van der Waals surface area (Å²) in [7, 11) is 0. The Morgan fingerprint density at radius 2 is 1.08 bits per heavy atom. The van der Waals surface area contributed by atoms with Gasteiger partial charge in [0.05, 0.1) is 11.1 Å². The van der Waals surface area contributed by atoms with E-state index in [0.29, 0.717) is 0 Å². The Kier molecular flexibility index (Phi) is 4.55. The van der Waals surface area contributed by atoms with E-state index in [1.165, 1.54) is 24.3 Å². The Labute approximate surface area is 93.0 Å². The van der Waals surface area contributed by atoms with E-state index in [9.17, 15) is 9.59 Å². The zero-order chi connectivity index (χ0) is 9.14. The van der Waals surface area contributed by atoms with Gasteiger partial charge in [0.15, 0.2) is 0 Å². The van der Waals surface area contributed by atoms with E-state index < -0.39 is 11.9 Å². The summed E-state index contributed by atoms with van der Waals surface area (Å²) in [6.45, 7) is 0. The SMILES string of the molecule is O=C(O)c1ccc(C(=O)O)cc1.[In]. The van der Waals surface area contributed by atoms with Crippen LogP contribution >= 0.6 is 0 Å². The predicted octanol–water partition coefficient (Wildman–Crippen LogP) is 0.702. The molecule has 0 spiro atoms. The van der Waals surface area contributed by atoms with Crippen molar-refractivity contribution in [1.29, 1.82) is 0 Å². The van der Waals surface area contributed by atoms with Crippen LogP contribution in [-0.2, 0) is 0 Å². The third-order valence-electron chi connectivity index (χ3n) is 1.38. The van der Waals surface area contributed by atoms with Crippen LogP contribution < -0.4 is 0 Å². The molecular weight excluding hydrogens is 275 g/mol. The molecule has 1 rings (SSSR count). The molecule has 0 saturated carbocycles. The summed E-state index contributed by atoms with van der Waals surface area (Å²) in [5, 5.41) is 16.9. The van der Waals surface area contributed by atoms with Gasteiger partial charge in [-0.15, -0.1) is 0 Å². The molecular formula is C8H6InO4. The Hall–Kier alpha value is -0.970. The van der Waals surface area contributed by atoms with Crippen LogP contribution in [-0.4, -0.2) is 48.0 Å². The summed E-state index contributed by atoms with van der Waals surface area (Å²) in [5.74, 6) is -2.13. The first-order valence-corrected chi connectivity index (χ1v) is 3.18. The molecule has 4 nitrogen and oxygen atoms in total. The van der Waals surface area contributed by atoms with Gasteiger partial charge in [-0.05, 0) is 24.3 Å². The van der Waals surface area contributed by atoms with Crippen molar-refractivity contribution in [1.82, 2.24) is 0 Å². The smallest absolute Gasteiger partial charge is 0.335 e. The first-order valence-electron chi connectivity index (χ1n) is 3.18. The fraction of sp³-hybridized carbons (Fsp3) is 0. The van der Waals surface area contributed by atoms with Crippen LogP contribution in [0.25, 0.3) is 0 Å². The summed E-state index contributed by atoms with van der Waals surface area (Å²) >= 11 is 0. The van der Waals surface area contributed by atoms with E-state index in [-0.39, 0.29) is 37.0 Å². The van der Waals surface area contributed by atoms with Crippen molar-refractivity contribution in [3.05, 3.63) is 35.4 Å². The molecule has 0 aromatic heterocycles. The number of carboxylic acid groups (broad SMARTS) is 2. The topological polar surface area (TPSA) is 74.6 Å². The van der Waals surface area contributed by atoms with Gasteiger partial charge in [-0.2, -0.15) is 0 Å². The molecule has 2 N–H and O–H groups in total. The van der Waals surface area contributed by atoms with E-state index in [1.807, 2.05) is 0 Å². The Morgan fingerprint density at radius 1 is 0.846 bits per heavy atom. The second-order valence-corrected chi connectivity index (χ2v) is 2.19. The van der Waals surface area contributed by atoms with Gasteiger partial charge < -0.3 is 10.2 Å². The maximum absolute atomic E-state index is 10.3. The number of benzene rings is 1. The average Bonchev–Trinajstić information content (AvgIpc) is 2.04. The standard InChI is InChI=1S/C8H6O4.In/c9-7(10)5-1-2-6(4-3-5)8(11)12;/h1-4H,(H,9,10)(H,11,12);. The third kappa shape index (κ3) is 3.10. The molecule has 13 heavy (non-hydrogen) atoms. The zero-order valence-electron chi connectivity index (χ0n) is 6.60. The van der Waals surface area contributed by atoms with Crippen LogP contribution in [0.4, 0.5) is 0 Å². The third-order valence-corrected chi connectivity index (χ3v) is 1.38.